The molecule has 1 aromatic rings. The summed E-state index contributed by atoms with van der Waals surface area (Å²) in [7, 11) is 0. The van der Waals surface area contributed by atoms with E-state index in [9.17, 15) is 5.11 Å². The molecular formula is C15H24N2O. The van der Waals surface area contributed by atoms with Crippen molar-refractivity contribution in [2.45, 2.75) is 52.1 Å². The number of hydrogen-bond donors (Lipinski definition) is 1. The summed E-state index contributed by atoms with van der Waals surface area (Å²) < 4.78 is 0. The average molecular weight is 248 g/mol. The van der Waals surface area contributed by atoms with Crippen molar-refractivity contribution in [3.63, 3.8) is 0 Å². The molecule has 0 aromatic carbocycles. The molecule has 3 nitrogen and oxygen atoms in total. The summed E-state index contributed by atoms with van der Waals surface area (Å²) in [5.41, 5.74) is 2.06. The van der Waals surface area contributed by atoms with E-state index in [1.54, 1.807) is 0 Å². The Kier molecular flexibility index (Phi) is 4.59. The van der Waals surface area contributed by atoms with Gasteiger partial charge in [-0.3, -0.25) is 0 Å². The molecule has 18 heavy (non-hydrogen) atoms. The van der Waals surface area contributed by atoms with E-state index in [-0.39, 0.29) is 6.61 Å². The molecule has 3 heteroatoms. The highest BCUT2D eigenvalue weighted by Gasteiger charge is 2.13. The summed E-state index contributed by atoms with van der Waals surface area (Å²) in [6.07, 6.45) is 5.16. The Morgan fingerprint density at radius 2 is 1.83 bits per heavy atom. The summed E-state index contributed by atoms with van der Waals surface area (Å²) in [4.78, 5) is 7.13. The lowest BCUT2D eigenvalue weighted by Gasteiger charge is -2.23. The molecule has 0 radical (unpaired) electrons. The number of hydrogen-bond acceptors (Lipinski definition) is 3. The standard InChI is InChI=1S/C15H24N2O/c1-12(2)14-9-13(11-18)10-15(16-14)17-7-5-3-4-6-8-17/h9-10,12,18H,3-8,11H2,1-2H3. The fraction of sp³-hybridized carbons (Fsp3) is 0.667. The Bertz CT molecular complexity index is 382. The molecule has 0 spiro atoms. The molecule has 1 aliphatic rings. The highest BCUT2D eigenvalue weighted by Crippen LogP contribution is 2.22. The first-order valence-corrected chi connectivity index (χ1v) is 7.07. The first-order valence-electron chi connectivity index (χ1n) is 7.07. The van der Waals surface area contributed by atoms with Gasteiger partial charge in [0.2, 0.25) is 0 Å². The van der Waals surface area contributed by atoms with Crippen LogP contribution in [0.3, 0.4) is 0 Å². The number of nitrogens with zero attached hydrogens (tertiary/aromatic N) is 2. The molecule has 0 saturated carbocycles. The lowest BCUT2D eigenvalue weighted by atomic mass is 10.1. The van der Waals surface area contributed by atoms with E-state index in [0.717, 1.165) is 30.2 Å². The van der Waals surface area contributed by atoms with Crippen LogP contribution < -0.4 is 4.90 Å². The predicted molar refractivity (Wildman–Crippen MR) is 74.9 cm³/mol. The summed E-state index contributed by atoms with van der Waals surface area (Å²) in [6.45, 7) is 6.59. The Balaban J connectivity index is 2.27. The van der Waals surface area contributed by atoms with Crippen molar-refractivity contribution in [2.24, 2.45) is 0 Å². The lowest BCUT2D eigenvalue weighted by molar-refractivity contribution is 0.281. The molecule has 1 saturated heterocycles. The second-order valence-electron chi connectivity index (χ2n) is 5.47. The fourth-order valence-corrected chi connectivity index (χ4v) is 2.44. The third-order valence-corrected chi connectivity index (χ3v) is 3.60. The topological polar surface area (TPSA) is 36.4 Å². The van der Waals surface area contributed by atoms with Crippen LogP contribution in [0.4, 0.5) is 5.82 Å². The molecule has 0 amide bonds. The number of aliphatic hydroxyl groups is 1. The zero-order chi connectivity index (χ0) is 13.0. The Morgan fingerprint density at radius 1 is 1.17 bits per heavy atom. The first kappa shape index (κ1) is 13.3. The van der Waals surface area contributed by atoms with Crippen molar-refractivity contribution in [2.75, 3.05) is 18.0 Å². The van der Waals surface area contributed by atoms with Gasteiger partial charge in [0.1, 0.15) is 5.82 Å². The van der Waals surface area contributed by atoms with Crippen LogP contribution in [0, 0.1) is 0 Å². The van der Waals surface area contributed by atoms with Gasteiger partial charge < -0.3 is 10.0 Å². The van der Waals surface area contributed by atoms with E-state index in [0.29, 0.717) is 5.92 Å². The fourth-order valence-electron chi connectivity index (χ4n) is 2.44. The van der Waals surface area contributed by atoms with E-state index in [1.165, 1.54) is 25.7 Å². The summed E-state index contributed by atoms with van der Waals surface area (Å²) in [5, 5.41) is 9.38. The van der Waals surface area contributed by atoms with Crippen LogP contribution >= 0.6 is 0 Å². The zero-order valence-corrected chi connectivity index (χ0v) is 11.5. The minimum atomic E-state index is 0.100. The molecule has 1 aromatic heterocycles. The maximum absolute atomic E-state index is 9.38. The SMILES string of the molecule is CC(C)c1cc(CO)cc(N2CCCCCC2)n1. The molecule has 100 valence electrons. The maximum atomic E-state index is 9.38. The van der Waals surface area contributed by atoms with Gasteiger partial charge in [-0.05, 0) is 36.5 Å². The third kappa shape index (κ3) is 3.22. The highest BCUT2D eigenvalue weighted by atomic mass is 16.3. The summed E-state index contributed by atoms with van der Waals surface area (Å²) in [5.74, 6) is 1.45. The number of rotatable bonds is 3. The Hall–Kier alpha value is -1.09. The Labute approximate surface area is 110 Å². The van der Waals surface area contributed by atoms with Gasteiger partial charge in [0.15, 0.2) is 0 Å². The van der Waals surface area contributed by atoms with Crippen LogP contribution in [-0.4, -0.2) is 23.2 Å². The molecule has 1 aliphatic heterocycles. The van der Waals surface area contributed by atoms with Gasteiger partial charge >= 0.3 is 0 Å². The predicted octanol–water partition coefficient (Wildman–Crippen LogP) is 3.08. The van der Waals surface area contributed by atoms with Crippen LogP contribution in [0.2, 0.25) is 0 Å². The Morgan fingerprint density at radius 3 is 2.39 bits per heavy atom. The molecule has 0 atom stereocenters. The van der Waals surface area contributed by atoms with Crippen molar-refractivity contribution < 1.29 is 5.11 Å². The third-order valence-electron chi connectivity index (χ3n) is 3.60. The van der Waals surface area contributed by atoms with Crippen LogP contribution in [0.1, 0.15) is 56.7 Å². The van der Waals surface area contributed by atoms with E-state index >= 15 is 0 Å². The van der Waals surface area contributed by atoms with Crippen LogP contribution in [0.25, 0.3) is 0 Å². The lowest BCUT2D eigenvalue weighted by Crippen LogP contribution is -2.25. The van der Waals surface area contributed by atoms with Gasteiger partial charge in [-0.2, -0.15) is 0 Å². The molecular weight excluding hydrogens is 224 g/mol. The van der Waals surface area contributed by atoms with Gasteiger partial charge in [-0.25, -0.2) is 4.98 Å². The molecule has 2 rings (SSSR count). The van der Waals surface area contributed by atoms with Crippen molar-refractivity contribution in [1.29, 1.82) is 0 Å². The monoisotopic (exact) mass is 248 g/mol. The minimum Gasteiger partial charge on any atom is -0.392 e. The zero-order valence-electron chi connectivity index (χ0n) is 11.5. The molecule has 0 aliphatic carbocycles. The van der Waals surface area contributed by atoms with E-state index < -0.39 is 0 Å². The van der Waals surface area contributed by atoms with Crippen LogP contribution in [0.15, 0.2) is 12.1 Å². The average Bonchev–Trinajstić information content (AvgIpc) is 2.67. The van der Waals surface area contributed by atoms with E-state index in [4.69, 9.17) is 4.98 Å². The van der Waals surface area contributed by atoms with E-state index in [1.807, 2.05) is 12.1 Å². The number of anilines is 1. The largest absolute Gasteiger partial charge is 0.392 e. The minimum absolute atomic E-state index is 0.100. The highest BCUT2D eigenvalue weighted by molar-refractivity contribution is 5.43. The maximum Gasteiger partial charge on any atom is 0.129 e. The van der Waals surface area contributed by atoms with Crippen molar-refractivity contribution in [1.82, 2.24) is 4.98 Å². The van der Waals surface area contributed by atoms with Gasteiger partial charge in [-0.1, -0.05) is 26.7 Å². The van der Waals surface area contributed by atoms with Crippen LogP contribution in [-0.2, 0) is 6.61 Å². The second-order valence-corrected chi connectivity index (χ2v) is 5.47. The van der Waals surface area contributed by atoms with Gasteiger partial charge in [0.05, 0.1) is 6.61 Å². The number of aliphatic hydroxyl groups excluding tert-OH is 1. The summed E-state index contributed by atoms with van der Waals surface area (Å²) in [6, 6.07) is 4.06. The van der Waals surface area contributed by atoms with E-state index in [2.05, 4.69) is 18.7 Å². The normalized spacial score (nSPS) is 17.0. The number of pyridine rings is 1. The quantitative estimate of drug-likeness (QED) is 0.893. The molecule has 1 fully saturated rings. The van der Waals surface area contributed by atoms with Gasteiger partial charge in [0.25, 0.3) is 0 Å². The van der Waals surface area contributed by atoms with Crippen molar-refractivity contribution in [3.05, 3.63) is 23.4 Å². The van der Waals surface area contributed by atoms with Gasteiger partial charge in [-0.15, -0.1) is 0 Å². The molecule has 2 heterocycles. The first-order chi connectivity index (χ1) is 8.70. The molecule has 1 N–H and O–H groups in total. The van der Waals surface area contributed by atoms with Crippen molar-refractivity contribution in [3.8, 4) is 0 Å². The van der Waals surface area contributed by atoms with Crippen LogP contribution in [0.5, 0.6) is 0 Å². The molecule has 0 unspecified atom stereocenters. The summed E-state index contributed by atoms with van der Waals surface area (Å²) >= 11 is 0. The van der Waals surface area contributed by atoms with Gasteiger partial charge in [0, 0.05) is 18.8 Å². The smallest absolute Gasteiger partial charge is 0.129 e. The molecule has 0 bridgehead atoms. The number of aromatic nitrogens is 1. The second kappa shape index (κ2) is 6.19. The van der Waals surface area contributed by atoms with Crippen molar-refractivity contribution >= 4 is 5.82 Å².